The molecule has 0 saturated heterocycles. The largest absolute Gasteiger partial charge is 0.298 e. The molecule has 0 bridgehead atoms. The maximum atomic E-state index is 6.26. The van der Waals surface area contributed by atoms with Crippen LogP contribution in [0.2, 0.25) is 5.28 Å². The van der Waals surface area contributed by atoms with Crippen molar-refractivity contribution < 1.29 is 0 Å². The van der Waals surface area contributed by atoms with Crippen LogP contribution < -0.4 is 0 Å². The first-order valence-electron chi connectivity index (χ1n) is 6.91. The van der Waals surface area contributed by atoms with Crippen LogP contribution >= 0.6 is 11.6 Å². The van der Waals surface area contributed by atoms with Crippen LogP contribution in [0.4, 0.5) is 0 Å². The molecule has 2 unspecified atom stereocenters. The average Bonchev–Trinajstić information content (AvgIpc) is 3.13. The summed E-state index contributed by atoms with van der Waals surface area (Å²) in [4.78, 5) is 0. The monoisotopic (exact) mass is 253 g/mol. The Balaban J connectivity index is 1.92. The van der Waals surface area contributed by atoms with E-state index < -0.39 is 0 Å². The van der Waals surface area contributed by atoms with Crippen molar-refractivity contribution in [1.82, 2.24) is 14.8 Å². The third-order valence-electron chi connectivity index (χ3n) is 4.35. The molecule has 2 aliphatic carbocycles. The van der Waals surface area contributed by atoms with Crippen LogP contribution in [0.1, 0.15) is 69.7 Å². The number of aromatic nitrogens is 3. The lowest BCUT2D eigenvalue weighted by Crippen LogP contribution is -2.24. The van der Waals surface area contributed by atoms with Gasteiger partial charge in [-0.1, -0.05) is 26.2 Å². The van der Waals surface area contributed by atoms with Crippen LogP contribution in [0, 0.1) is 5.92 Å². The van der Waals surface area contributed by atoms with Crippen LogP contribution in [-0.2, 0) is 0 Å². The highest BCUT2D eigenvalue weighted by molar-refractivity contribution is 6.28. The molecule has 0 aromatic carbocycles. The summed E-state index contributed by atoms with van der Waals surface area (Å²) < 4.78 is 2.26. The van der Waals surface area contributed by atoms with Crippen molar-refractivity contribution in [2.24, 2.45) is 5.92 Å². The summed E-state index contributed by atoms with van der Waals surface area (Å²) in [7, 11) is 0. The van der Waals surface area contributed by atoms with E-state index in [2.05, 4.69) is 21.7 Å². The van der Waals surface area contributed by atoms with Crippen molar-refractivity contribution >= 4 is 11.6 Å². The molecule has 0 radical (unpaired) electrons. The van der Waals surface area contributed by atoms with Gasteiger partial charge in [0.25, 0.3) is 0 Å². The second kappa shape index (κ2) is 4.60. The van der Waals surface area contributed by atoms with Gasteiger partial charge in [-0.15, -0.1) is 10.2 Å². The molecular weight excluding hydrogens is 234 g/mol. The summed E-state index contributed by atoms with van der Waals surface area (Å²) in [6, 6.07) is 0.548. The van der Waals surface area contributed by atoms with E-state index in [4.69, 9.17) is 11.6 Å². The van der Waals surface area contributed by atoms with Crippen molar-refractivity contribution in [3.8, 4) is 0 Å². The van der Waals surface area contributed by atoms with Crippen LogP contribution in [-0.4, -0.2) is 14.8 Å². The normalized spacial score (nSPS) is 29.5. The molecule has 3 rings (SSSR count). The summed E-state index contributed by atoms with van der Waals surface area (Å²) in [5, 5.41) is 9.01. The molecule has 4 heteroatoms. The summed E-state index contributed by atoms with van der Waals surface area (Å²) in [6.07, 6.45) is 9.03. The van der Waals surface area contributed by atoms with E-state index in [9.17, 15) is 0 Å². The van der Waals surface area contributed by atoms with Gasteiger partial charge in [0.15, 0.2) is 0 Å². The SMILES string of the molecule is CCC1CCCCC1n1c(Cl)nnc1C1CC1. The minimum atomic E-state index is 0.548. The number of halogens is 1. The van der Waals surface area contributed by atoms with Gasteiger partial charge in [0.2, 0.25) is 5.28 Å². The van der Waals surface area contributed by atoms with Gasteiger partial charge in [0, 0.05) is 12.0 Å². The second-order valence-corrected chi connectivity index (χ2v) is 5.83. The zero-order chi connectivity index (χ0) is 11.8. The Morgan fingerprint density at radius 3 is 2.65 bits per heavy atom. The Labute approximate surface area is 108 Å². The Kier molecular flexibility index (Phi) is 3.12. The van der Waals surface area contributed by atoms with E-state index in [1.54, 1.807) is 0 Å². The smallest absolute Gasteiger partial charge is 0.225 e. The van der Waals surface area contributed by atoms with Gasteiger partial charge in [0.05, 0.1) is 0 Å². The van der Waals surface area contributed by atoms with E-state index in [1.807, 2.05) is 0 Å². The fraction of sp³-hybridized carbons (Fsp3) is 0.846. The van der Waals surface area contributed by atoms with Crippen molar-refractivity contribution in [3.05, 3.63) is 11.1 Å². The van der Waals surface area contributed by atoms with Crippen molar-refractivity contribution in [2.75, 3.05) is 0 Å². The van der Waals surface area contributed by atoms with Crippen LogP contribution in [0.15, 0.2) is 0 Å². The van der Waals surface area contributed by atoms with E-state index in [0.717, 1.165) is 11.7 Å². The zero-order valence-electron chi connectivity index (χ0n) is 10.4. The molecular formula is C13H20ClN3. The number of hydrogen-bond acceptors (Lipinski definition) is 2. The highest BCUT2D eigenvalue weighted by atomic mass is 35.5. The maximum Gasteiger partial charge on any atom is 0.225 e. The molecule has 1 aromatic rings. The number of nitrogens with zero attached hydrogens (tertiary/aromatic N) is 3. The topological polar surface area (TPSA) is 30.7 Å². The van der Waals surface area contributed by atoms with E-state index in [1.165, 1.54) is 44.9 Å². The molecule has 0 aliphatic heterocycles. The van der Waals surface area contributed by atoms with E-state index in [-0.39, 0.29) is 0 Å². The lowest BCUT2D eigenvalue weighted by Gasteiger charge is -2.32. The van der Waals surface area contributed by atoms with Gasteiger partial charge in [-0.2, -0.15) is 0 Å². The van der Waals surface area contributed by atoms with Crippen molar-refractivity contribution in [3.63, 3.8) is 0 Å². The molecule has 2 aliphatic rings. The fourth-order valence-electron chi connectivity index (χ4n) is 3.21. The summed E-state index contributed by atoms with van der Waals surface area (Å²) in [6.45, 7) is 2.29. The van der Waals surface area contributed by atoms with Gasteiger partial charge in [-0.25, -0.2) is 0 Å². The lowest BCUT2D eigenvalue weighted by atomic mass is 9.82. The quantitative estimate of drug-likeness (QED) is 0.817. The molecule has 1 aromatic heterocycles. The van der Waals surface area contributed by atoms with Gasteiger partial charge >= 0.3 is 0 Å². The standard InChI is InChI=1S/C13H20ClN3/c1-2-9-5-3-4-6-11(9)17-12(10-7-8-10)15-16-13(17)14/h9-11H,2-8H2,1H3. The maximum absolute atomic E-state index is 6.26. The van der Waals surface area contributed by atoms with Crippen LogP contribution in [0.3, 0.4) is 0 Å². The Bertz CT molecular complexity index is 397. The van der Waals surface area contributed by atoms with E-state index >= 15 is 0 Å². The van der Waals surface area contributed by atoms with Crippen LogP contribution in [0.25, 0.3) is 0 Å². The summed E-state index contributed by atoms with van der Waals surface area (Å²) >= 11 is 6.26. The highest BCUT2D eigenvalue weighted by Crippen LogP contribution is 2.44. The molecule has 3 nitrogen and oxygen atoms in total. The van der Waals surface area contributed by atoms with E-state index in [0.29, 0.717) is 17.2 Å². The molecule has 1 heterocycles. The molecule has 0 spiro atoms. The lowest BCUT2D eigenvalue weighted by molar-refractivity contribution is 0.228. The molecule has 2 fully saturated rings. The Morgan fingerprint density at radius 2 is 1.94 bits per heavy atom. The first kappa shape index (κ1) is 11.5. The average molecular weight is 254 g/mol. The first-order valence-corrected chi connectivity index (χ1v) is 7.29. The molecule has 2 saturated carbocycles. The highest BCUT2D eigenvalue weighted by Gasteiger charge is 2.35. The zero-order valence-corrected chi connectivity index (χ0v) is 11.2. The minimum Gasteiger partial charge on any atom is -0.298 e. The third kappa shape index (κ3) is 2.10. The summed E-state index contributed by atoms with van der Waals surface area (Å²) in [5.41, 5.74) is 0. The summed E-state index contributed by atoms with van der Waals surface area (Å²) in [5.74, 6) is 2.55. The molecule has 2 atom stereocenters. The predicted octanol–water partition coefficient (Wildman–Crippen LogP) is 3.95. The number of rotatable bonds is 3. The van der Waals surface area contributed by atoms with Gasteiger partial charge in [-0.05, 0) is 43.2 Å². The molecule has 17 heavy (non-hydrogen) atoms. The first-order chi connectivity index (χ1) is 8.31. The predicted molar refractivity (Wildman–Crippen MR) is 68.3 cm³/mol. The van der Waals surface area contributed by atoms with Crippen molar-refractivity contribution in [1.29, 1.82) is 0 Å². The fourth-order valence-corrected chi connectivity index (χ4v) is 3.46. The molecule has 0 amide bonds. The third-order valence-corrected chi connectivity index (χ3v) is 4.61. The van der Waals surface area contributed by atoms with Gasteiger partial charge in [-0.3, -0.25) is 4.57 Å². The van der Waals surface area contributed by atoms with Gasteiger partial charge < -0.3 is 0 Å². The second-order valence-electron chi connectivity index (χ2n) is 5.49. The molecule has 0 N–H and O–H groups in total. The minimum absolute atomic E-state index is 0.548. The van der Waals surface area contributed by atoms with Crippen LogP contribution in [0.5, 0.6) is 0 Å². The van der Waals surface area contributed by atoms with Crippen molar-refractivity contribution in [2.45, 2.75) is 63.8 Å². The molecule has 94 valence electrons. The Morgan fingerprint density at radius 1 is 1.18 bits per heavy atom. The number of hydrogen-bond donors (Lipinski definition) is 0. The van der Waals surface area contributed by atoms with Gasteiger partial charge in [0.1, 0.15) is 5.82 Å². The Hall–Kier alpha value is -0.570.